The minimum Gasteiger partial charge on any atom is -0.366 e. The van der Waals surface area contributed by atoms with Crippen LogP contribution in [0.25, 0.3) is 0 Å². The first-order valence-electron chi connectivity index (χ1n) is 7.45. The second-order valence-electron chi connectivity index (χ2n) is 5.61. The van der Waals surface area contributed by atoms with Crippen molar-refractivity contribution in [2.75, 3.05) is 26.2 Å². The van der Waals surface area contributed by atoms with E-state index in [4.69, 9.17) is 4.74 Å². The summed E-state index contributed by atoms with van der Waals surface area (Å²) in [5, 5.41) is 3.23. The van der Waals surface area contributed by atoms with Crippen molar-refractivity contribution in [3.05, 3.63) is 35.4 Å². The van der Waals surface area contributed by atoms with Gasteiger partial charge in [0.25, 0.3) is 5.91 Å². The summed E-state index contributed by atoms with van der Waals surface area (Å²) < 4.78 is 5.61. The van der Waals surface area contributed by atoms with Crippen molar-refractivity contribution in [2.24, 2.45) is 0 Å². The smallest absolute Gasteiger partial charge is 0.253 e. The first-order valence-corrected chi connectivity index (χ1v) is 7.45. The molecule has 0 spiro atoms. The zero-order valence-electron chi connectivity index (χ0n) is 12.0. The lowest BCUT2D eigenvalue weighted by atomic mass is 9.99. The van der Waals surface area contributed by atoms with Gasteiger partial charge in [-0.1, -0.05) is 24.3 Å². The van der Waals surface area contributed by atoms with E-state index in [-0.39, 0.29) is 18.1 Å². The molecule has 4 nitrogen and oxygen atoms in total. The topological polar surface area (TPSA) is 41.6 Å². The van der Waals surface area contributed by atoms with E-state index >= 15 is 0 Å². The molecule has 3 rings (SSSR count). The van der Waals surface area contributed by atoms with Crippen LogP contribution in [0.3, 0.4) is 0 Å². The molecule has 0 bridgehead atoms. The molecule has 2 atom stereocenters. The maximum Gasteiger partial charge on any atom is 0.253 e. The van der Waals surface area contributed by atoms with Crippen molar-refractivity contribution in [2.45, 2.75) is 31.9 Å². The highest BCUT2D eigenvalue weighted by Crippen LogP contribution is 2.34. The number of ether oxygens (including phenoxy) is 1. The van der Waals surface area contributed by atoms with Crippen LogP contribution in [0.4, 0.5) is 0 Å². The van der Waals surface area contributed by atoms with Crippen LogP contribution in [0.2, 0.25) is 0 Å². The van der Waals surface area contributed by atoms with Crippen molar-refractivity contribution in [3.63, 3.8) is 0 Å². The summed E-state index contributed by atoms with van der Waals surface area (Å²) in [4.78, 5) is 14.7. The van der Waals surface area contributed by atoms with Gasteiger partial charge < -0.3 is 15.0 Å². The van der Waals surface area contributed by atoms with Crippen molar-refractivity contribution in [3.8, 4) is 0 Å². The first-order chi connectivity index (χ1) is 9.77. The van der Waals surface area contributed by atoms with Crippen LogP contribution in [-0.2, 0) is 9.53 Å². The number of likely N-dealkylation sites (tertiary alicyclic amines) is 1. The summed E-state index contributed by atoms with van der Waals surface area (Å²) in [6.45, 7) is 5.06. The SMILES string of the molecule is Cc1ccccc1[C@@H]1CCCN1C(=O)[C@H]1CNCCO1. The molecule has 0 aliphatic carbocycles. The van der Waals surface area contributed by atoms with Crippen molar-refractivity contribution in [1.29, 1.82) is 0 Å². The second kappa shape index (κ2) is 5.94. The van der Waals surface area contributed by atoms with Gasteiger partial charge in [-0.05, 0) is 30.9 Å². The van der Waals surface area contributed by atoms with Crippen molar-refractivity contribution < 1.29 is 9.53 Å². The molecule has 20 heavy (non-hydrogen) atoms. The van der Waals surface area contributed by atoms with Crippen LogP contribution < -0.4 is 5.32 Å². The Morgan fingerprint density at radius 3 is 3.00 bits per heavy atom. The Labute approximate surface area is 120 Å². The molecule has 2 fully saturated rings. The minimum atomic E-state index is -0.312. The summed E-state index contributed by atoms with van der Waals surface area (Å²) in [6.07, 6.45) is 1.81. The van der Waals surface area contributed by atoms with Crippen LogP contribution in [0, 0.1) is 6.92 Å². The number of nitrogens with zero attached hydrogens (tertiary/aromatic N) is 1. The standard InChI is InChI=1S/C16H22N2O2/c1-12-5-2-3-6-13(12)14-7-4-9-18(14)16(19)15-11-17-8-10-20-15/h2-3,5-6,14-15,17H,4,7-11H2,1H3/t14-,15+/m0/s1. The van der Waals surface area contributed by atoms with Gasteiger partial charge in [0.2, 0.25) is 0 Å². The Bertz CT molecular complexity index is 483. The Morgan fingerprint density at radius 2 is 2.25 bits per heavy atom. The van der Waals surface area contributed by atoms with E-state index in [2.05, 4.69) is 30.4 Å². The van der Waals surface area contributed by atoms with Gasteiger partial charge in [0.15, 0.2) is 0 Å². The average molecular weight is 274 g/mol. The predicted molar refractivity (Wildman–Crippen MR) is 77.5 cm³/mol. The molecular formula is C16H22N2O2. The molecule has 2 saturated heterocycles. The van der Waals surface area contributed by atoms with Gasteiger partial charge in [0, 0.05) is 19.6 Å². The number of morpholine rings is 1. The summed E-state index contributed by atoms with van der Waals surface area (Å²) in [7, 11) is 0. The lowest BCUT2D eigenvalue weighted by molar-refractivity contribution is -0.146. The van der Waals surface area contributed by atoms with Crippen LogP contribution in [0.1, 0.15) is 30.0 Å². The lowest BCUT2D eigenvalue weighted by Crippen LogP contribution is -2.49. The molecule has 1 amide bonds. The van der Waals surface area contributed by atoms with Crippen LogP contribution >= 0.6 is 0 Å². The fourth-order valence-electron chi connectivity index (χ4n) is 3.22. The summed E-state index contributed by atoms with van der Waals surface area (Å²) in [6, 6.07) is 8.59. The number of rotatable bonds is 2. The molecule has 2 aliphatic heterocycles. The number of hydrogen-bond donors (Lipinski definition) is 1. The van der Waals surface area contributed by atoms with E-state index in [9.17, 15) is 4.79 Å². The predicted octanol–water partition coefficient (Wildman–Crippen LogP) is 1.65. The highest BCUT2D eigenvalue weighted by atomic mass is 16.5. The Morgan fingerprint density at radius 1 is 1.40 bits per heavy atom. The van der Waals surface area contributed by atoms with E-state index in [1.165, 1.54) is 11.1 Å². The molecule has 1 aromatic rings. The molecule has 108 valence electrons. The average Bonchev–Trinajstić information content (AvgIpc) is 2.97. The third kappa shape index (κ3) is 2.58. The normalized spacial score (nSPS) is 26.8. The Hall–Kier alpha value is -1.39. The number of carbonyl (C=O) groups is 1. The number of hydrogen-bond acceptors (Lipinski definition) is 3. The van der Waals surface area contributed by atoms with Gasteiger partial charge in [-0.3, -0.25) is 4.79 Å². The van der Waals surface area contributed by atoms with Gasteiger partial charge in [0.1, 0.15) is 6.10 Å². The third-order valence-corrected chi connectivity index (χ3v) is 4.29. The molecule has 2 aliphatic rings. The van der Waals surface area contributed by atoms with Crippen molar-refractivity contribution >= 4 is 5.91 Å². The maximum absolute atomic E-state index is 12.7. The van der Waals surface area contributed by atoms with Gasteiger partial charge >= 0.3 is 0 Å². The summed E-state index contributed by atoms with van der Waals surface area (Å²) >= 11 is 0. The number of amides is 1. The van der Waals surface area contributed by atoms with Gasteiger partial charge in [-0.2, -0.15) is 0 Å². The lowest BCUT2D eigenvalue weighted by Gasteiger charge is -2.31. The molecule has 0 unspecified atom stereocenters. The molecule has 0 radical (unpaired) electrons. The van der Waals surface area contributed by atoms with Crippen LogP contribution in [0.15, 0.2) is 24.3 Å². The number of nitrogens with one attached hydrogen (secondary N) is 1. The van der Waals surface area contributed by atoms with E-state index in [0.29, 0.717) is 13.2 Å². The van der Waals surface area contributed by atoms with Crippen LogP contribution in [-0.4, -0.2) is 43.2 Å². The monoisotopic (exact) mass is 274 g/mol. The molecule has 0 aromatic heterocycles. The number of aryl methyl sites for hydroxylation is 1. The van der Waals surface area contributed by atoms with E-state index < -0.39 is 0 Å². The highest BCUT2D eigenvalue weighted by Gasteiger charge is 2.35. The molecule has 2 heterocycles. The zero-order valence-corrected chi connectivity index (χ0v) is 12.0. The molecule has 1 aromatic carbocycles. The summed E-state index contributed by atoms with van der Waals surface area (Å²) in [5.74, 6) is 0.142. The fourth-order valence-corrected chi connectivity index (χ4v) is 3.22. The third-order valence-electron chi connectivity index (χ3n) is 4.29. The Balaban J connectivity index is 1.78. The van der Waals surface area contributed by atoms with Gasteiger partial charge in [-0.15, -0.1) is 0 Å². The molecule has 0 saturated carbocycles. The quantitative estimate of drug-likeness (QED) is 0.891. The Kier molecular flexibility index (Phi) is 4.03. The molecule has 4 heteroatoms. The second-order valence-corrected chi connectivity index (χ2v) is 5.61. The fraction of sp³-hybridized carbons (Fsp3) is 0.562. The van der Waals surface area contributed by atoms with Gasteiger partial charge in [-0.25, -0.2) is 0 Å². The van der Waals surface area contributed by atoms with E-state index in [1.54, 1.807) is 0 Å². The highest BCUT2D eigenvalue weighted by molar-refractivity contribution is 5.82. The maximum atomic E-state index is 12.7. The largest absolute Gasteiger partial charge is 0.366 e. The number of benzene rings is 1. The van der Waals surface area contributed by atoms with Crippen molar-refractivity contribution in [1.82, 2.24) is 10.2 Å². The molecule has 1 N–H and O–H groups in total. The summed E-state index contributed by atoms with van der Waals surface area (Å²) in [5.41, 5.74) is 2.54. The first kappa shape index (κ1) is 13.6. The van der Waals surface area contributed by atoms with E-state index in [1.807, 2.05) is 11.0 Å². The number of carbonyl (C=O) groups excluding carboxylic acids is 1. The zero-order chi connectivity index (χ0) is 13.9. The molecular weight excluding hydrogens is 252 g/mol. The van der Waals surface area contributed by atoms with Gasteiger partial charge in [0.05, 0.1) is 12.6 Å². The van der Waals surface area contributed by atoms with E-state index in [0.717, 1.165) is 25.9 Å². The minimum absolute atomic E-state index is 0.142. The van der Waals surface area contributed by atoms with Crippen LogP contribution in [0.5, 0.6) is 0 Å².